The van der Waals surface area contributed by atoms with Gasteiger partial charge >= 0.3 is 0 Å². The zero-order chi connectivity index (χ0) is 12.5. The molecular weight excluding hydrogens is 292 g/mol. The number of rotatable bonds is 5. The Hall–Kier alpha value is -1.10. The van der Waals surface area contributed by atoms with Crippen LogP contribution in [0.5, 0.6) is 0 Å². The third kappa shape index (κ3) is 2.36. The number of aromatic nitrogens is 3. The standard InChI is InChI=1S/C13H17BrN4/c1-2-6-17(8-10-3-4-10)13-12-15-5-7-18(12)9-11(14)16-13/h5,7,9-10H,2-4,6,8H2,1H3. The molecule has 0 radical (unpaired) electrons. The molecule has 4 nitrogen and oxygen atoms in total. The first-order chi connectivity index (χ1) is 8.78. The lowest BCUT2D eigenvalue weighted by Gasteiger charge is -2.23. The van der Waals surface area contributed by atoms with E-state index in [4.69, 9.17) is 0 Å². The first kappa shape index (κ1) is 12.0. The van der Waals surface area contributed by atoms with Crippen LogP contribution in [0.25, 0.3) is 5.65 Å². The van der Waals surface area contributed by atoms with Crippen molar-refractivity contribution in [3.8, 4) is 0 Å². The first-order valence-corrected chi connectivity index (χ1v) is 7.31. The van der Waals surface area contributed by atoms with Crippen LogP contribution in [0, 0.1) is 5.92 Å². The average molecular weight is 309 g/mol. The van der Waals surface area contributed by atoms with Crippen molar-refractivity contribution < 1.29 is 0 Å². The van der Waals surface area contributed by atoms with Crippen molar-refractivity contribution in [1.82, 2.24) is 14.4 Å². The molecule has 0 bridgehead atoms. The molecule has 0 spiro atoms. The molecule has 2 aromatic heterocycles. The molecule has 2 aromatic rings. The Bertz CT molecular complexity index is 547. The number of halogens is 1. The van der Waals surface area contributed by atoms with Crippen LogP contribution in [0.15, 0.2) is 23.2 Å². The van der Waals surface area contributed by atoms with E-state index in [9.17, 15) is 0 Å². The maximum atomic E-state index is 4.63. The number of anilines is 1. The summed E-state index contributed by atoms with van der Waals surface area (Å²) in [6.45, 7) is 4.36. The van der Waals surface area contributed by atoms with E-state index in [1.165, 1.54) is 12.8 Å². The number of hydrogen-bond donors (Lipinski definition) is 0. The number of hydrogen-bond acceptors (Lipinski definition) is 3. The Labute approximate surface area is 115 Å². The Morgan fingerprint density at radius 3 is 3.06 bits per heavy atom. The molecule has 3 rings (SSSR count). The molecule has 0 aromatic carbocycles. The van der Waals surface area contributed by atoms with Crippen LogP contribution in [0.4, 0.5) is 5.82 Å². The van der Waals surface area contributed by atoms with Gasteiger partial charge in [-0.2, -0.15) is 0 Å². The SMILES string of the molecule is CCCN(CC1CC1)c1nc(Br)cn2ccnc12. The molecule has 0 unspecified atom stereocenters. The smallest absolute Gasteiger partial charge is 0.180 e. The lowest BCUT2D eigenvalue weighted by molar-refractivity contribution is 0.698. The van der Waals surface area contributed by atoms with E-state index in [2.05, 4.69) is 37.7 Å². The van der Waals surface area contributed by atoms with E-state index < -0.39 is 0 Å². The molecule has 1 aliphatic carbocycles. The van der Waals surface area contributed by atoms with Gasteiger partial charge in [-0.25, -0.2) is 9.97 Å². The van der Waals surface area contributed by atoms with Crippen LogP contribution < -0.4 is 4.90 Å². The van der Waals surface area contributed by atoms with Gasteiger partial charge in [0.15, 0.2) is 11.5 Å². The van der Waals surface area contributed by atoms with E-state index >= 15 is 0 Å². The van der Waals surface area contributed by atoms with Crippen molar-refractivity contribution in [2.75, 3.05) is 18.0 Å². The Morgan fingerprint density at radius 1 is 1.50 bits per heavy atom. The molecule has 0 saturated heterocycles. The molecule has 5 heteroatoms. The van der Waals surface area contributed by atoms with Gasteiger partial charge < -0.3 is 9.30 Å². The topological polar surface area (TPSA) is 33.4 Å². The summed E-state index contributed by atoms with van der Waals surface area (Å²) in [5.41, 5.74) is 0.951. The summed E-state index contributed by atoms with van der Waals surface area (Å²) >= 11 is 3.48. The quantitative estimate of drug-likeness (QED) is 0.851. The van der Waals surface area contributed by atoms with Gasteiger partial charge in [0, 0.05) is 31.7 Å². The molecular formula is C13H17BrN4. The van der Waals surface area contributed by atoms with E-state index in [1.807, 2.05) is 23.0 Å². The first-order valence-electron chi connectivity index (χ1n) is 6.52. The molecule has 0 N–H and O–H groups in total. The minimum atomic E-state index is 0.854. The summed E-state index contributed by atoms with van der Waals surface area (Å²) < 4.78 is 2.89. The average Bonchev–Trinajstić information content (AvgIpc) is 3.03. The number of nitrogens with zero attached hydrogens (tertiary/aromatic N) is 4. The predicted molar refractivity (Wildman–Crippen MR) is 75.9 cm³/mol. The van der Waals surface area contributed by atoms with Gasteiger partial charge in [0.05, 0.1) is 0 Å². The second-order valence-electron chi connectivity index (χ2n) is 4.93. The van der Waals surface area contributed by atoms with Crippen LogP contribution in [0.3, 0.4) is 0 Å². The summed E-state index contributed by atoms with van der Waals surface area (Å²) in [7, 11) is 0. The van der Waals surface area contributed by atoms with Gasteiger partial charge in [-0.05, 0) is 41.1 Å². The fourth-order valence-corrected chi connectivity index (χ4v) is 2.65. The van der Waals surface area contributed by atoms with Gasteiger partial charge in [-0.15, -0.1) is 0 Å². The van der Waals surface area contributed by atoms with Crippen molar-refractivity contribution in [2.45, 2.75) is 26.2 Å². The zero-order valence-corrected chi connectivity index (χ0v) is 12.1. The minimum Gasteiger partial charge on any atom is -0.353 e. The minimum absolute atomic E-state index is 0.854. The van der Waals surface area contributed by atoms with Crippen molar-refractivity contribution in [2.24, 2.45) is 5.92 Å². The van der Waals surface area contributed by atoms with Crippen molar-refractivity contribution >= 4 is 27.4 Å². The van der Waals surface area contributed by atoms with Gasteiger partial charge in [-0.1, -0.05) is 6.92 Å². The lowest BCUT2D eigenvalue weighted by Crippen LogP contribution is -2.28. The molecule has 0 atom stereocenters. The van der Waals surface area contributed by atoms with Crippen LogP contribution >= 0.6 is 15.9 Å². The maximum absolute atomic E-state index is 4.63. The van der Waals surface area contributed by atoms with E-state index in [-0.39, 0.29) is 0 Å². The van der Waals surface area contributed by atoms with E-state index in [0.717, 1.165) is 41.5 Å². The molecule has 96 valence electrons. The van der Waals surface area contributed by atoms with Crippen molar-refractivity contribution in [3.05, 3.63) is 23.2 Å². The van der Waals surface area contributed by atoms with Gasteiger partial charge in [-0.3, -0.25) is 0 Å². The summed E-state index contributed by atoms with van der Waals surface area (Å²) in [4.78, 5) is 11.4. The third-order valence-corrected chi connectivity index (χ3v) is 3.68. The molecule has 18 heavy (non-hydrogen) atoms. The highest BCUT2D eigenvalue weighted by atomic mass is 79.9. The van der Waals surface area contributed by atoms with Crippen molar-refractivity contribution in [3.63, 3.8) is 0 Å². The Morgan fingerprint density at radius 2 is 2.33 bits per heavy atom. The van der Waals surface area contributed by atoms with Crippen LogP contribution in [-0.4, -0.2) is 27.5 Å². The molecule has 0 aliphatic heterocycles. The zero-order valence-electron chi connectivity index (χ0n) is 10.5. The predicted octanol–water partition coefficient (Wildman–Crippen LogP) is 3.12. The van der Waals surface area contributed by atoms with Crippen LogP contribution in [-0.2, 0) is 0 Å². The van der Waals surface area contributed by atoms with Crippen LogP contribution in [0.2, 0.25) is 0 Å². The van der Waals surface area contributed by atoms with E-state index in [1.54, 1.807) is 0 Å². The largest absolute Gasteiger partial charge is 0.353 e. The van der Waals surface area contributed by atoms with E-state index in [0.29, 0.717) is 0 Å². The molecule has 1 fully saturated rings. The van der Waals surface area contributed by atoms with Gasteiger partial charge in [0.2, 0.25) is 0 Å². The summed E-state index contributed by atoms with van der Waals surface area (Å²) in [6, 6.07) is 0. The molecule has 1 aliphatic rings. The second kappa shape index (κ2) is 4.88. The fourth-order valence-electron chi connectivity index (χ4n) is 2.26. The summed E-state index contributed by atoms with van der Waals surface area (Å²) in [5, 5.41) is 0. The van der Waals surface area contributed by atoms with Gasteiger partial charge in [0.25, 0.3) is 0 Å². The highest BCUT2D eigenvalue weighted by Gasteiger charge is 2.26. The fraction of sp³-hybridized carbons (Fsp3) is 0.538. The normalized spacial score (nSPS) is 15.2. The van der Waals surface area contributed by atoms with Crippen LogP contribution in [0.1, 0.15) is 26.2 Å². The monoisotopic (exact) mass is 308 g/mol. The highest BCUT2D eigenvalue weighted by Crippen LogP contribution is 2.32. The molecule has 2 heterocycles. The maximum Gasteiger partial charge on any atom is 0.180 e. The Balaban J connectivity index is 2.00. The molecule has 0 amide bonds. The number of imidazole rings is 1. The summed E-state index contributed by atoms with van der Waals surface area (Å²) in [5.74, 6) is 1.86. The third-order valence-electron chi connectivity index (χ3n) is 3.30. The highest BCUT2D eigenvalue weighted by molar-refractivity contribution is 9.10. The van der Waals surface area contributed by atoms with Crippen molar-refractivity contribution in [1.29, 1.82) is 0 Å². The number of fused-ring (bicyclic) bond motifs is 1. The Kier molecular flexibility index (Phi) is 3.24. The van der Waals surface area contributed by atoms with Gasteiger partial charge in [0.1, 0.15) is 4.60 Å². The summed E-state index contributed by atoms with van der Waals surface area (Å²) in [6.07, 6.45) is 9.60. The molecule has 1 saturated carbocycles. The lowest BCUT2D eigenvalue weighted by atomic mass is 10.3. The second-order valence-corrected chi connectivity index (χ2v) is 5.75.